The van der Waals surface area contributed by atoms with E-state index in [-0.39, 0.29) is 5.83 Å². The van der Waals surface area contributed by atoms with Crippen LogP contribution in [0.5, 0.6) is 0 Å². The van der Waals surface area contributed by atoms with Gasteiger partial charge in [-0.1, -0.05) is 32.8 Å². The summed E-state index contributed by atoms with van der Waals surface area (Å²) in [6, 6.07) is 0. The van der Waals surface area contributed by atoms with Crippen molar-refractivity contribution in [3.8, 4) is 0 Å². The lowest BCUT2D eigenvalue weighted by atomic mass is 9.99. The third kappa shape index (κ3) is 4.54. The Kier molecular flexibility index (Phi) is 5.27. The standard InChI is InChI=1S/C9H17F/c1-4-9(5-2)7-6-8(3)10/h6,9H,4-5,7H2,1-3H3/b8-6+. The molecule has 0 saturated heterocycles. The monoisotopic (exact) mass is 144 g/mol. The van der Waals surface area contributed by atoms with Crippen molar-refractivity contribution in [2.75, 3.05) is 0 Å². The van der Waals surface area contributed by atoms with Gasteiger partial charge in [0.15, 0.2) is 0 Å². The van der Waals surface area contributed by atoms with Gasteiger partial charge in [-0.2, -0.15) is 0 Å². The molecule has 0 fully saturated rings. The molecule has 0 bridgehead atoms. The third-order valence-electron chi connectivity index (χ3n) is 1.89. The Hall–Kier alpha value is -0.330. The lowest BCUT2D eigenvalue weighted by molar-refractivity contribution is 0.492. The summed E-state index contributed by atoms with van der Waals surface area (Å²) in [6.07, 6.45) is 4.88. The number of hydrogen-bond donors (Lipinski definition) is 0. The summed E-state index contributed by atoms with van der Waals surface area (Å²) in [5.74, 6) is 0.623. The van der Waals surface area contributed by atoms with Crippen molar-refractivity contribution >= 4 is 0 Å². The molecule has 0 aliphatic carbocycles. The molecular weight excluding hydrogens is 127 g/mol. The molecule has 0 unspecified atom stereocenters. The topological polar surface area (TPSA) is 0 Å². The fourth-order valence-corrected chi connectivity index (χ4v) is 0.951. The van der Waals surface area contributed by atoms with Crippen molar-refractivity contribution in [2.24, 2.45) is 5.92 Å². The van der Waals surface area contributed by atoms with Gasteiger partial charge in [-0.15, -0.1) is 0 Å². The van der Waals surface area contributed by atoms with Crippen LogP contribution in [0.2, 0.25) is 0 Å². The molecule has 60 valence electrons. The second-order valence-corrected chi connectivity index (χ2v) is 2.71. The molecule has 0 aromatic carbocycles. The zero-order valence-corrected chi connectivity index (χ0v) is 7.15. The number of halogens is 1. The minimum Gasteiger partial charge on any atom is -0.212 e. The number of allylic oxidation sites excluding steroid dienone is 2. The minimum absolute atomic E-state index is 0.0492. The Labute approximate surface area is 63.1 Å². The van der Waals surface area contributed by atoms with E-state index in [4.69, 9.17) is 0 Å². The summed E-state index contributed by atoms with van der Waals surface area (Å²) < 4.78 is 12.2. The van der Waals surface area contributed by atoms with Gasteiger partial charge in [-0.05, 0) is 19.3 Å². The van der Waals surface area contributed by atoms with Crippen molar-refractivity contribution in [2.45, 2.75) is 40.0 Å². The largest absolute Gasteiger partial charge is 0.212 e. The van der Waals surface area contributed by atoms with Crippen molar-refractivity contribution in [1.29, 1.82) is 0 Å². The smallest absolute Gasteiger partial charge is 0.0929 e. The summed E-state index contributed by atoms with van der Waals surface area (Å²) in [7, 11) is 0. The van der Waals surface area contributed by atoms with E-state index >= 15 is 0 Å². The van der Waals surface area contributed by atoms with E-state index in [2.05, 4.69) is 13.8 Å². The van der Waals surface area contributed by atoms with Gasteiger partial charge in [0, 0.05) is 0 Å². The Balaban J connectivity index is 3.54. The average Bonchev–Trinajstić information content (AvgIpc) is 1.90. The Bertz CT molecular complexity index is 97.3. The van der Waals surface area contributed by atoms with Crippen molar-refractivity contribution in [3.05, 3.63) is 11.9 Å². The highest BCUT2D eigenvalue weighted by molar-refractivity contribution is 4.87. The summed E-state index contributed by atoms with van der Waals surface area (Å²) in [6.45, 7) is 5.80. The van der Waals surface area contributed by atoms with Gasteiger partial charge in [0.1, 0.15) is 0 Å². The van der Waals surface area contributed by atoms with E-state index in [1.165, 1.54) is 6.92 Å². The van der Waals surface area contributed by atoms with Crippen LogP contribution in [0.15, 0.2) is 11.9 Å². The summed E-state index contributed by atoms with van der Waals surface area (Å²) in [5, 5.41) is 0. The van der Waals surface area contributed by atoms with Crippen LogP contribution < -0.4 is 0 Å². The van der Waals surface area contributed by atoms with E-state index < -0.39 is 0 Å². The van der Waals surface area contributed by atoms with Crippen LogP contribution in [0.25, 0.3) is 0 Å². The first-order valence-corrected chi connectivity index (χ1v) is 4.02. The summed E-state index contributed by atoms with van der Waals surface area (Å²) in [4.78, 5) is 0. The first-order valence-electron chi connectivity index (χ1n) is 4.02. The zero-order valence-electron chi connectivity index (χ0n) is 7.15. The molecule has 0 aliphatic heterocycles. The molecule has 0 amide bonds. The van der Waals surface area contributed by atoms with Gasteiger partial charge in [-0.3, -0.25) is 0 Å². The van der Waals surface area contributed by atoms with Crippen molar-refractivity contribution in [1.82, 2.24) is 0 Å². The fraction of sp³-hybridized carbons (Fsp3) is 0.778. The molecule has 0 atom stereocenters. The third-order valence-corrected chi connectivity index (χ3v) is 1.89. The molecule has 0 aromatic rings. The highest BCUT2D eigenvalue weighted by Gasteiger charge is 1.99. The molecule has 0 saturated carbocycles. The van der Waals surface area contributed by atoms with E-state index in [1.807, 2.05) is 0 Å². The van der Waals surface area contributed by atoms with Gasteiger partial charge in [0.25, 0.3) is 0 Å². The van der Waals surface area contributed by atoms with E-state index in [0.717, 1.165) is 19.3 Å². The lowest BCUT2D eigenvalue weighted by Gasteiger charge is -2.07. The van der Waals surface area contributed by atoms with Gasteiger partial charge in [0.2, 0.25) is 0 Å². The second kappa shape index (κ2) is 5.45. The summed E-state index contributed by atoms with van der Waals surface area (Å²) in [5.41, 5.74) is 0. The summed E-state index contributed by atoms with van der Waals surface area (Å²) >= 11 is 0. The Morgan fingerprint density at radius 1 is 1.40 bits per heavy atom. The molecule has 0 nitrogen and oxygen atoms in total. The lowest BCUT2D eigenvalue weighted by Crippen LogP contribution is -1.93. The van der Waals surface area contributed by atoms with Gasteiger partial charge >= 0.3 is 0 Å². The molecule has 0 spiro atoms. The van der Waals surface area contributed by atoms with Crippen molar-refractivity contribution in [3.63, 3.8) is 0 Å². The van der Waals surface area contributed by atoms with Crippen LogP contribution >= 0.6 is 0 Å². The van der Waals surface area contributed by atoms with Gasteiger partial charge in [0.05, 0.1) is 5.83 Å². The molecular formula is C9H17F. The minimum atomic E-state index is -0.0492. The average molecular weight is 144 g/mol. The normalized spacial score (nSPS) is 12.7. The SMILES string of the molecule is CCC(CC)C/C=C(\C)F. The first-order chi connectivity index (χ1) is 4.70. The van der Waals surface area contributed by atoms with Crippen LogP contribution in [-0.2, 0) is 0 Å². The quantitative estimate of drug-likeness (QED) is 0.564. The fourth-order valence-electron chi connectivity index (χ4n) is 0.951. The van der Waals surface area contributed by atoms with Crippen LogP contribution in [0.1, 0.15) is 40.0 Å². The van der Waals surface area contributed by atoms with E-state index in [1.54, 1.807) is 6.08 Å². The Morgan fingerprint density at radius 2 is 1.90 bits per heavy atom. The number of rotatable bonds is 4. The van der Waals surface area contributed by atoms with Crippen molar-refractivity contribution < 1.29 is 4.39 Å². The Morgan fingerprint density at radius 3 is 2.20 bits per heavy atom. The maximum absolute atomic E-state index is 12.2. The molecule has 0 N–H and O–H groups in total. The maximum atomic E-state index is 12.2. The van der Waals surface area contributed by atoms with Crippen LogP contribution in [0, 0.1) is 5.92 Å². The molecule has 0 rings (SSSR count). The van der Waals surface area contributed by atoms with Crippen LogP contribution in [0.4, 0.5) is 4.39 Å². The number of hydrogen-bond acceptors (Lipinski definition) is 0. The molecule has 0 heterocycles. The van der Waals surface area contributed by atoms with E-state index in [9.17, 15) is 4.39 Å². The second-order valence-electron chi connectivity index (χ2n) is 2.71. The molecule has 1 heteroatoms. The molecule has 0 aliphatic rings. The predicted octanol–water partition coefficient (Wildman–Crippen LogP) is 3.69. The predicted molar refractivity (Wildman–Crippen MR) is 43.6 cm³/mol. The molecule has 0 aromatic heterocycles. The highest BCUT2D eigenvalue weighted by Crippen LogP contribution is 2.14. The zero-order chi connectivity index (χ0) is 7.98. The maximum Gasteiger partial charge on any atom is 0.0929 e. The molecule has 0 radical (unpaired) electrons. The van der Waals surface area contributed by atoms with Gasteiger partial charge < -0.3 is 0 Å². The van der Waals surface area contributed by atoms with Crippen LogP contribution in [0.3, 0.4) is 0 Å². The first kappa shape index (κ1) is 9.67. The van der Waals surface area contributed by atoms with Crippen LogP contribution in [-0.4, -0.2) is 0 Å². The van der Waals surface area contributed by atoms with E-state index in [0.29, 0.717) is 5.92 Å². The highest BCUT2D eigenvalue weighted by atomic mass is 19.1. The molecule has 10 heavy (non-hydrogen) atoms. The van der Waals surface area contributed by atoms with Gasteiger partial charge in [-0.25, -0.2) is 4.39 Å².